The Labute approximate surface area is 527 Å². The summed E-state index contributed by atoms with van der Waals surface area (Å²) in [4.78, 5) is 27.5. The molecule has 6 nitrogen and oxygen atoms in total. The van der Waals surface area contributed by atoms with E-state index in [2.05, 4.69) is 137 Å². The largest absolute Gasteiger partial charge is 1.00 e. The van der Waals surface area contributed by atoms with Gasteiger partial charge in [0, 0.05) is 26.2 Å². The second-order valence-electron chi connectivity index (χ2n) is 21.9. The van der Waals surface area contributed by atoms with Crippen LogP contribution in [0.2, 0.25) is 0 Å². The standard InChI is InChI=1S/C25H20BrFP.C17H23BrFNO2.C17H21BrFNO2.C7H6BrF.BrH/c26-24-17-16-20(18-25(24)27)19-28(21-10-4-1-5-11-21,22-12-6-2-7-13-22)23-14-8-3-9-15-23;2*1-17(2,3)22-16(21)20-8-6-12(7-9-20)10-13-4-5-14(18)15(19)11-13;1-5-2-3-6(8)7(9)4-5;/h1-18H,19H2;4-5,11-12H,6-10H2,1-3H3;4-5,10-11H,6-9H2,1-3H3;2-4H,1H3;1H/q+1;;;;/p-1. The fraction of sp³-hybridized carbons (Fsp3) is 0.303. The number of benzene rings is 7. The first-order valence-corrected chi connectivity index (χ1v) is 32.0. The van der Waals surface area contributed by atoms with Crippen molar-refractivity contribution in [3.05, 3.63) is 233 Å². The van der Waals surface area contributed by atoms with Crippen molar-refractivity contribution < 1.29 is 53.6 Å². The van der Waals surface area contributed by atoms with E-state index in [1.54, 1.807) is 46.2 Å². The molecule has 0 saturated carbocycles. The van der Waals surface area contributed by atoms with Crippen LogP contribution in [-0.4, -0.2) is 59.4 Å². The van der Waals surface area contributed by atoms with E-state index in [1.165, 1.54) is 33.6 Å². The number of amides is 2. The van der Waals surface area contributed by atoms with Crippen molar-refractivity contribution in [3.8, 4) is 0 Å². The summed E-state index contributed by atoms with van der Waals surface area (Å²) in [5, 5.41) is 3.90. The molecule has 0 N–H and O–H groups in total. The van der Waals surface area contributed by atoms with Gasteiger partial charge in [-0.3, -0.25) is 0 Å². The molecule has 2 saturated heterocycles. The summed E-state index contributed by atoms with van der Waals surface area (Å²) >= 11 is 12.6. The van der Waals surface area contributed by atoms with E-state index < -0.39 is 18.5 Å². The van der Waals surface area contributed by atoms with Gasteiger partial charge in [0.15, 0.2) is 0 Å². The molecular formula is C66H70Br5F4N2O4P. The highest BCUT2D eigenvalue weighted by Gasteiger charge is 2.45. The summed E-state index contributed by atoms with van der Waals surface area (Å²) in [7, 11) is -1.99. The summed E-state index contributed by atoms with van der Waals surface area (Å²) in [5.74, 6) is -0.414. The van der Waals surface area contributed by atoms with Crippen LogP contribution in [0.5, 0.6) is 0 Å². The molecule has 7 aromatic carbocycles. The van der Waals surface area contributed by atoms with Gasteiger partial charge in [-0.2, -0.15) is 0 Å². The van der Waals surface area contributed by atoms with E-state index in [9.17, 15) is 27.2 Å². The van der Waals surface area contributed by atoms with Crippen LogP contribution < -0.4 is 32.9 Å². The average molecular weight is 1460 g/mol. The minimum absolute atomic E-state index is 0. The highest BCUT2D eigenvalue weighted by molar-refractivity contribution is 9.11. The Kier molecular flexibility index (Phi) is 26.6. The van der Waals surface area contributed by atoms with Crippen LogP contribution in [0.25, 0.3) is 6.08 Å². The maximum Gasteiger partial charge on any atom is 0.410 e. The Bertz CT molecular complexity index is 3100. The minimum Gasteiger partial charge on any atom is -1.00 e. The Morgan fingerprint density at radius 3 is 1.30 bits per heavy atom. The maximum atomic E-state index is 14.3. The van der Waals surface area contributed by atoms with Gasteiger partial charge in [-0.05, 0) is 257 Å². The highest BCUT2D eigenvalue weighted by Crippen LogP contribution is 2.58. The third kappa shape index (κ3) is 21.2. The van der Waals surface area contributed by atoms with E-state index in [4.69, 9.17) is 9.47 Å². The molecule has 2 heterocycles. The first-order chi connectivity index (χ1) is 38.4. The van der Waals surface area contributed by atoms with Crippen molar-refractivity contribution in [1.82, 2.24) is 9.80 Å². The van der Waals surface area contributed by atoms with Crippen molar-refractivity contribution in [2.45, 2.75) is 97.9 Å². The fourth-order valence-electron chi connectivity index (χ4n) is 9.21. The lowest BCUT2D eigenvalue weighted by Crippen LogP contribution is -3.00. The number of carbonyl (C=O) groups is 2. The Hall–Kier alpha value is -4.63. The van der Waals surface area contributed by atoms with E-state index in [0.717, 1.165) is 60.5 Å². The molecule has 9 rings (SSSR count). The van der Waals surface area contributed by atoms with Crippen LogP contribution in [-0.2, 0) is 22.1 Å². The first kappa shape index (κ1) is 68.2. The molecule has 16 heteroatoms. The lowest BCUT2D eigenvalue weighted by molar-refractivity contribution is -0.000113. The molecule has 436 valence electrons. The quantitative estimate of drug-likeness (QED) is 0.112. The number of likely N-dealkylation sites (tertiary alicyclic amines) is 2. The molecule has 0 aromatic heterocycles. The normalized spacial score (nSPS) is 13.6. The molecule has 7 aromatic rings. The highest BCUT2D eigenvalue weighted by atomic mass is 79.9. The molecule has 0 spiro atoms. The van der Waals surface area contributed by atoms with Crippen LogP contribution >= 0.6 is 71.0 Å². The molecule has 0 bridgehead atoms. The van der Waals surface area contributed by atoms with Gasteiger partial charge in [-0.15, -0.1) is 0 Å². The number of piperidine rings is 2. The summed E-state index contributed by atoms with van der Waals surface area (Å²) in [6.45, 7) is 15.8. The Morgan fingerprint density at radius 2 is 0.902 bits per heavy atom. The van der Waals surface area contributed by atoms with Crippen molar-refractivity contribution in [2.75, 3.05) is 26.2 Å². The van der Waals surface area contributed by atoms with Crippen LogP contribution in [0.15, 0.2) is 187 Å². The summed E-state index contributed by atoms with van der Waals surface area (Å²) in [6.07, 6.45) is 6.56. The van der Waals surface area contributed by atoms with Crippen LogP contribution in [0, 0.1) is 36.1 Å². The molecule has 0 radical (unpaired) electrons. The van der Waals surface area contributed by atoms with Crippen molar-refractivity contribution >= 4 is 105 Å². The monoisotopic (exact) mass is 1460 g/mol. The second kappa shape index (κ2) is 32.0. The predicted octanol–water partition coefficient (Wildman–Crippen LogP) is 15.8. The molecular weight excluding hydrogens is 1390 g/mol. The third-order valence-electron chi connectivity index (χ3n) is 13.2. The Balaban J connectivity index is 0.000000210. The van der Waals surface area contributed by atoms with Gasteiger partial charge in [0.1, 0.15) is 57.6 Å². The molecule has 0 atom stereocenters. The fourth-order valence-corrected chi connectivity index (χ4v) is 14.4. The van der Waals surface area contributed by atoms with Crippen LogP contribution in [0.1, 0.15) is 89.5 Å². The molecule has 2 aliphatic rings. The number of rotatable bonds is 8. The zero-order chi connectivity index (χ0) is 58.9. The zero-order valence-electron chi connectivity index (χ0n) is 47.2. The lowest BCUT2D eigenvalue weighted by Gasteiger charge is -2.33. The lowest BCUT2D eigenvalue weighted by atomic mass is 9.90. The number of nitrogens with zero attached hydrogens (tertiary/aromatic N) is 2. The SMILES string of the molecule is CC(C)(C)OC(=O)N1CCC(=Cc2ccc(Br)c(F)c2)CC1.CC(C)(C)OC(=O)N1CCC(Cc2ccc(Br)c(F)c2)CC1.Cc1ccc(Br)c(F)c1.Fc1cc(C[P+](c2ccccc2)(c2ccccc2)c2ccccc2)ccc1Br.[Br-]. The van der Waals surface area contributed by atoms with Crippen LogP contribution in [0.4, 0.5) is 27.2 Å². The van der Waals surface area contributed by atoms with E-state index in [-0.39, 0.29) is 52.4 Å². The van der Waals surface area contributed by atoms with E-state index in [1.807, 2.05) is 97.0 Å². The number of carbonyl (C=O) groups excluding carboxylic acids is 2. The van der Waals surface area contributed by atoms with Gasteiger partial charge in [0.05, 0.1) is 24.1 Å². The smallest absolute Gasteiger partial charge is 0.410 e. The predicted molar refractivity (Wildman–Crippen MR) is 339 cm³/mol. The molecule has 82 heavy (non-hydrogen) atoms. The minimum atomic E-state index is -1.99. The van der Waals surface area contributed by atoms with Gasteiger partial charge < -0.3 is 36.3 Å². The van der Waals surface area contributed by atoms with Gasteiger partial charge in [0.25, 0.3) is 0 Å². The van der Waals surface area contributed by atoms with Gasteiger partial charge in [-0.25, -0.2) is 27.2 Å². The van der Waals surface area contributed by atoms with Gasteiger partial charge >= 0.3 is 12.2 Å². The second-order valence-corrected chi connectivity index (χ2v) is 28.8. The average Bonchev–Trinajstić information content (AvgIpc) is 2.82. The first-order valence-electron chi connectivity index (χ1n) is 26.8. The van der Waals surface area contributed by atoms with Gasteiger partial charge in [0.2, 0.25) is 0 Å². The molecule has 2 fully saturated rings. The summed E-state index contributed by atoms with van der Waals surface area (Å²) in [5.41, 5.74) is 4.10. The molecule has 0 unspecified atom stereocenters. The van der Waals surface area contributed by atoms with Crippen molar-refractivity contribution in [2.24, 2.45) is 5.92 Å². The van der Waals surface area contributed by atoms with Gasteiger partial charge in [-0.1, -0.05) is 90.5 Å². The molecule has 2 amide bonds. The maximum absolute atomic E-state index is 14.3. The zero-order valence-corrected chi connectivity index (χ0v) is 56.0. The summed E-state index contributed by atoms with van der Waals surface area (Å²) in [6, 6.07) is 52.9. The topological polar surface area (TPSA) is 59.1 Å². The molecule has 2 aliphatic heterocycles. The van der Waals surface area contributed by atoms with E-state index >= 15 is 0 Å². The third-order valence-corrected chi connectivity index (χ3v) is 20.2. The number of halogens is 9. The summed E-state index contributed by atoms with van der Waals surface area (Å²) < 4.78 is 66.7. The van der Waals surface area contributed by atoms with Crippen molar-refractivity contribution in [1.29, 1.82) is 0 Å². The number of ether oxygens (including phenoxy) is 2. The Morgan fingerprint density at radius 1 is 0.524 bits per heavy atom. The number of hydrogen-bond acceptors (Lipinski definition) is 4. The van der Waals surface area contributed by atoms with Crippen molar-refractivity contribution in [3.63, 3.8) is 0 Å². The van der Waals surface area contributed by atoms with Crippen LogP contribution in [0.3, 0.4) is 0 Å². The molecule has 0 aliphatic carbocycles. The van der Waals surface area contributed by atoms with E-state index in [0.29, 0.717) is 50.0 Å². The number of aryl methyl sites for hydroxylation is 1. The number of hydrogen-bond donors (Lipinski definition) is 0.